The number of carboxylic acid groups (broad SMARTS) is 1. The van der Waals surface area contributed by atoms with E-state index in [0.717, 1.165) is 13.1 Å². The van der Waals surface area contributed by atoms with Crippen LogP contribution in [0.2, 0.25) is 0 Å². The maximum atomic E-state index is 11.6. The number of amides is 2. The highest BCUT2D eigenvalue weighted by atomic mass is 16.4. The van der Waals surface area contributed by atoms with Crippen LogP contribution < -0.4 is 10.6 Å². The van der Waals surface area contributed by atoms with Gasteiger partial charge in [-0.2, -0.15) is 0 Å². The lowest BCUT2D eigenvalue weighted by atomic mass is 10.2. The molecule has 0 atom stereocenters. The average molecular weight is 265 g/mol. The molecule has 0 aliphatic rings. The Morgan fingerprint density at radius 1 is 1.37 bits per heavy atom. The first kappa shape index (κ1) is 15.0. The predicted molar refractivity (Wildman–Crippen MR) is 73.6 cm³/mol. The van der Waals surface area contributed by atoms with Gasteiger partial charge in [-0.3, -0.25) is 0 Å². The monoisotopic (exact) mass is 265 g/mol. The highest BCUT2D eigenvalue weighted by molar-refractivity contribution is 5.93. The van der Waals surface area contributed by atoms with E-state index in [0.29, 0.717) is 12.2 Å². The molecule has 19 heavy (non-hydrogen) atoms. The SMILES string of the molecule is CCN(C)CCNC(=O)Nc1cccc(C(=O)O)c1. The fourth-order valence-electron chi connectivity index (χ4n) is 1.42. The fourth-order valence-corrected chi connectivity index (χ4v) is 1.42. The van der Waals surface area contributed by atoms with Gasteiger partial charge < -0.3 is 20.6 Å². The molecule has 6 nitrogen and oxygen atoms in total. The fraction of sp³-hybridized carbons (Fsp3) is 0.385. The summed E-state index contributed by atoms with van der Waals surface area (Å²) >= 11 is 0. The number of carboxylic acids is 1. The van der Waals surface area contributed by atoms with Crippen molar-refractivity contribution < 1.29 is 14.7 Å². The Morgan fingerprint density at radius 3 is 2.74 bits per heavy atom. The molecule has 1 aromatic rings. The molecule has 0 radical (unpaired) electrons. The molecule has 6 heteroatoms. The highest BCUT2D eigenvalue weighted by Gasteiger charge is 2.05. The molecule has 0 bridgehead atoms. The van der Waals surface area contributed by atoms with Crippen molar-refractivity contribution in [3.63, 3.8) is 0 Å². The van der Waals surface area contributed by atoms with Crippen LogP contribution in [0, 0.1) is 0 Å². The standard InChI is InChI=1S/C13H19N3O3/c1-3-16(2)8-7-14-13(19)15-11-6-4-5-10(9-11)12(17)18/h4-6,9H,3,7-8H2,1-2H3,(H,17,18)(H2,14,15,19). The Hall–Kier alpha value is -2.08. The highest BCUT2D eigenvalue weighted by Crippen LogP contribution is 2.10. The second kappa shape index (κ2) is 7.38. The Bertz CT molecular complexity index is 449. The van der Waals surface area contributed by atoms with Crippen LogP contribution in [0.5, 0.6) is 0 Å². The molecule has 0 aromatic heterocycles. The molecular formula is C13H19N3O3. The molecule has 0 saturated carbocycles. The van der Waals surface area contributed by atoms with Crippen LogP contribution in [0.1, 0.15) is 17.3 Å². The molecule has 0 unspecified atom stereocenters. The van der Waals surface area contributed by atoms with Gasteiger partial charge in [-0.25, -0.2) is 9.59 Å². The van der Waals surface area contributed by atoms with Crippen molar-refractivity contribution in [3.8, 4) is 0 Å². The number of urea groups is 1. The topological polar surface area (TPSA) is 81.7 Å². The van der Waals surface area contributed by atoms with Crippen molar-refractivity contribution in [2.75, 3.05) is 32.0 Å². The lowest BCUT2D eigenvalue weighted by Crippen LogP contribution is -2.35. The maximum absolute atomic E-state index is 11.6. The Kier molecular flexibility index (Phi) is 5.81. The molecule has 104 valence electrons. The third-order valence-electron chi connectivity index (χ3n) is 2.69. The number of hydrogen-bond donors (Lipinski definition) is 3. The van der Waals surface area contributed by atoms with Gasteiger partial charge in [0.25, 0.3) is 0 Å². The van der Waals surface area contributed by atoms with E-state index in [4.69, 9.17) is 5.11 Å². The largest absolute Gasteiger partial charge is 0.478 e. The van der Waals surface area contributed by atoms with Gasteiger partial charge in [0, 0.05) is 18.8 Å². The van der Waals surface area contributed by atoms with Crippen LogP contribution in [-0.2, 0) is 0 Å². The van der Waals surface area contributed by atoms with E-state index in [1.807, 2.05) is 14.0 Å². The van der Waals surface area contributed by atoms with Crippen molar-refractivity contribution in [2.24, 2.45) is 0 Å². The minimum atomic E-state index is -1.02. The van der Waals surface area contributed by atoms with Crippen molar-refractivity contribution in [1.82, 2.24) is 10.2 Å². The molecule has 3 N–H and O–H groups in total. The van der Waals surface area contributed by atoms with Gasteiger partial charge in [0.2, 0.25) is 0 Å². The van der Waals surface area contributed by atoms with Gasteiger partial charge >= 0.3 is 12.0 Å². The van der Waals surface area contributed by atoms with E-state index < -0.39 is 5.97 Å². The first-order valence-corrected chi connectivity index (χ1v) is 6.09. The van der Waals surface area contributed by atoms with Crippen LogP contribution >= 0.6 is 0 Å². The predicted octanol–water partition coefficient (Wildman–Crippen LogP) is 1.46. The van der Waals surface area contributed by atoms with Gasteiger partial charge in [-0.05, 0) is 31.8 Å². The zero-order chi connectivity index (χ0) is 14.3. The first-order valence-electron chi connectivity index (χ1n) is 6.09. The second-order valence-corrected chi connectivity index (χ2v) is 4.16. The number of carbonyl (C=O) groups excluding carboxylic acids is 1. The molecule has 0 fully saturated rings. The van der Waals surface area contributed by atoms with Crippen molar-refractivity contribution in [1.29, 1.82) is 0 Å². The summed E-state index contributed by atoms with van der Waals surface area (Å²) in [6, 6.07) is 5.78. The summed E-state index contributed by atoms with van der Waals surface area (Å²) in [6.07, 6.45) is 0. The Morgan fingerprint density at radius 2 is 2.11 bits per heavy atom. The molecular weight excluding hydrogens is 246 g/mol. The third-order valence-corrected chi connectivity index (χ3v) is 2.69. The number of carbonyl (C=O) groups is 2. The molecule has 0 saturated heterocycles. The van der Waals surface area contributed by atoms with Gasteiger partial charge in [0.05, 0.1) is 5.56 Å². The number of rotatable bonds is 6. The third kappa shape index (κ3) is 5.39. The number of nitrogens with zero attached hydrogens (tertiary/aromatic N) is 1. The summed E-state index contributed by atoms with van der Waals surface area (Å²) in [5, 5.41) is 14.1. The Labute approximate surface area is 112 Å². The summed E-state index contributed by atoms with van der Waals surface area (Å²) in [7, 11) is 1.97. The average Bonchev–Trinajstić information content (AvgIpc) is 2.38. The first-order chi connectivity index (χ1) is 9.02. The van der Waals surface area contributed by atoms with Crippen molar-refractivity contribution in [2.45, 2.75) is 6.92 Å². The minimum absolute atomic E-state index is 0.142. The molecule has 0 aliphatic carbocycles. The molecule has 0 heterocycles. The number of likely N-dealkylation sites (N-methyl/N-ethyl adjacent to an activating group) is 1. The number of benzene rings is 1. The normalized spacial score (nSPS) is 10.3. The van der Waals surface area contributed by atoms with Crippen LogP contribution in [0.15, 0.2) is 24.3 Å². The summed E-state index contributed by atoms with van der Waals surface area (Å²) in [5.74, 6) is -1.02. The molecule has 0 spiro atoms. The van der Waals surface area contributed by atoms with E-state index in [1.165, 1.54) is 12.1 Å². The lowest BCUT2D eigenvalue weighted by molar-refractivity contribution is 0.0697. The maximum Gasteiger partial charge on any atom is 0.335 e. The lowest BCUT2D eigenvalue weighted by Gasteiger charge is -2.14. The van der Waals surface area contributed by atoms with Gasteiger partial charge in [-0.15, -0.1) is 0 Å². The quantitative estimate of drug-likeness (QED) is 0.727. The summed E-state index contributed by atoms with van der Waals surface area (Å²) in [5.41, 5.74) is 0.602. The van der Waals surface area contributed by atoms with E-state index in [9.17, 15) is 9.59 Å². The zero-order valence-corrected chi connectivity index (χ0v) is 11.1. The van der Waals surface area contributed by atoms with E-state index >= 15 is 0 Å². The minimum Gasteiger partial charge on any atom is -0.478 e. The molecule has 0 aliphatic heterocycles. The zero-order valence-electron chi connectivity index (χ0n) is 11.1. The molecule has 1 aromatic carbocycles. The van der Waals surface area contributed by atoms with Gasteiger partial charge in [0.15, 0.2) is 0 Å². The van der Waals surface area contributed by atoms with Crippen LogP contribution in [-0.4, -0.2) is 48.7 Å². The van der Waals surface area contributed by atoms with Gasteiger partial charge in [0.1, 0.15) is 0 Å². The summed E-state index contributed by atoms with van der Waals surface area (Å²) < 4.78 is 0. The van der Waals surface area contributed by atoms with Crippen LogP contribution in [0.25, 0.3) is 0 Å². The van der Waals surface area contributed by atoms with Crippen molar-refractivity contribution in [3.05, 3.63) is 29.8 Å². The van der Waals surface area contributed by atoms with E-state index in [2.05, 4.69) is 15.5 Å². The summed E-state index contributed by atoms with van der Waals surface area (Å²) in [4.78, 5) is 24.4. The van der Waals surface area contributed by atoms with Gasteiger partial charge in [-0.1, -0.05) is 13.0 Å². The smallest absolute Gasteiger partial charge is 0.335 e. The number of hydrogen-bond acceptors (Lipinski definition) is 3. The number of nitrogens with one attached hydrogen (secondary N) is 2. The van der Waals surface area contributed by atoms with Crippen LogP contribution in [0.3, 0.4) is 0 Å². The second-order valence-electron chi connectivity index (χ2n) is 4.16. The van der Waals surface area contributed by atoms with Crippen LogP contribution in [0.4, 0.5) is 10.5 Å². The molecule has 2 amide bonds. The number of anilines is 1. The van der Waals surface area contributed by atoms with Crippen molar-refractivity contribution >= 4 is 17.7 Å². The van der Waals surface area contributed by atoms with E-state index in [-0.39, 0.29) is 11.6 Å². The number of aromatic carboxylic acids is 1. The van der Waals surface area contributed by atoms with E-state index in [1.54, 1.807) is 12.1 Å². The Balaban J connectivity index is 2.44. The molecule has 1 rings (SSSR count). The summed E-state index contributed by atoms with van der Waals surface area (Å²) in [6.45, 7) is 4.26.